The molecule has 0 heterocycles. The monoisotopic (exact) mass is 202 g/mol. The molecular formula is C14H18O. The van der Waals surface area contributed by atoms with Crippen molar-refractivity contribution < 1.29 is 4.79 Å². The van der Waals surface area contributed by atoms with Crippen LogP contribution in [0.25, 0.3) is 0 Å². The number of aryl methyl sites for hydroxylation is 1. The quantitative estimate of drug-likeness (QED) is 0.671. The van der Waals surface area contributed by atoms with Crippen molar-refractivity contribution in [2.75, 3.05) is 0 Å². The molecule has 2 rings (SSSR count). The van der Waals surface area contributed by atoms with Crippen molar-refractivity contribution in [1.29, 1.82) is 0 Å². The second kappa shape index (κ2) is 4.61. The molecular weight excluding hydrogens is 184 g/mol. The smallest absolute Gasteiger partial charge is 0.123 e. The maximum atomic E-state index is 10.7. The van der Waals surface area contributed by atoms with E-state index in [2.05, 4.69) is 31.2 Å². The highest BCUT2D eigenvalue weighted by Crippen LogP contribution is 2.35. The largest absolute Gasteiger partial charge is 0.303 e. The molecule has 0 N–H and O–H groups in total. The van der Waals surface area contributed by atoms with Crippen molar-refractivity contribution in [2.45, 2.75) is 38.5 Å². The van der Waals surface area contributed by atoms with Gasteiger partial charge in [-0.2, -0.15) is 0 Å². The molecule has 0 spiro atoms. The number of benzene rings is 1. The van der Waals surface area contributed by atoms with Gasteiger partial charge in [0.1, 0.15) is 6.29 Å². The second-order valence-electron chi connectivity index (χ2n) is 4.66. The molecule has 80 valence electrons. The number of rotatable bonds is 2. The van der Waals surface area contributed by atoms with Crippen LogP contribution in [-0.2, 0) is 4.79 Å². The van der Waals surface area contributed by atoms with Gasteiger partial charge in [-0.1, -0.05) is 29.8 Å². The van der Waals surface area contributed by atoms with E-state index >= 15 is 0 Å². The first kappa shape index (κ1) is 10.4. The Morgan fingerprint density at radius 1 is 1.20 bits per heavy atom. The Hall–Kier alpha value is -1.11. The van der Waals surface area contributed by atoms with Crippen molar-refractivity contribution in [2.24, 2.45) is 5.92 Å². The zero-order valence-electron chi connectivity index (χ0n) is 9.28. The first-order chi connectivity index (χ1) is 7.29. The van der Waals surface area contributed by atoms with Gasteiger partial charge in [-0.05, 0) is 44.1 Å². The fourth-order valence-electron chi connectivity index (χ4n) is 2.51. The lowest BCUT2D eigenvalue weighted by molar-refractivity contribution is -0.111. The molecule has 0 radical (unpaired) electrons. The van der Waals surface area contributed by atoms with Crippen molar-refractivity contribution >= 4 is 6.29 Å². The van der Waals surface area contributed by atoms with Crippen molar-refractivity contribution in [3.8, 4) is 0 Å². The Bertz CT molecular complexity index is 335. The van der Waals surface area contributed by atoms with Crippen LogP contribution >= 0.6 is 0 Å². The van der Waals surface area contributed by atoms with Gasteiger partial charge in [-0.15, -0.1) is 0 Å². The molecule has 0 atom stereocenters. The highest BCUT2D eigenvalue weighted by molar-refractivity contribution is 5.53. The van der Waals surface area contributed by atoms with Gasteiger partial charge in [0.2, 0.25) is 0 Å². The minimum atomic E-state index is 0.325. The second-order valence-corrected chi connectivity index (χ2v) is 4.66. The molecule has 0 saturated heterocycles. The van der Waals surface area contributed by atoms with Crippen molar-refractivity contribution in [3.05, 3.63) is 35.4 Å². The van der Waals surface area contributed by atoms with Gasteiger partial charge in [0.05, 0.1) is 0 Å². The van der Waals surface area contributed by atoms with E-state index in [0.29, 0.717) is 11.8 Å². The Morgan fingerprint density at radius 2 is 1.93 bits per heavy atom. The molecule has 1 aliphatic rings. The molecule has 15 heavy (non-hydrogen) atoms. The fraction of sp³-hybridized carbons (Fsp3) is 0.500. The molecule has 1 saturated carbocycles. The molecule has 1 heteroatoms. The average molecular weight is 202 g/mol. The highest BCUT2D eigenvalue weighted by atomic mass is 16.1. The summed E-state index contributed by atoms with van der Waals surface area (Å²) >= 11 is 0. The Labute approximate surface area is 91.5 Å². The summed E-state index contributed by atoms with van der Waals surface area (Å²) in [7, 11) is 0. The molecule has 1 fully saturated rings. The van der Waals surface area contributed by atoms with Crippen LogP contribution in [0.2, 0.25) is 0 Å². The summed E-state index contributed by atoms with van der Waals surface area (Å²) in [5.74, 6) is 1.01. The fourth-order valence-corrected chi connectivity index (χ4v) is 2.51. The summed E-state index contributed by atoms with van der Waals surface area (Å²) in [6, 6.07) is 8.78. The maximum Gasteiger partial charge on any atom is 0.123 e. The number of carbonyl (C=O) groups excluding carboxylic acids is 1. The molecule has 0 unspecified atom stereocenters. The van der Waals surface area contributed by atoms with Gasteiger partial charge in [0.15, 0.2) is 0 Å². The Morgan fingerprint density at radius 3 is 2.53 bits per heavy atom. The normalized spacial score (nSPS) is 26.2. The van der Waals surface area contributed by atoms with Gasteiger partial charge < -0.3 is 4.79 Å². The van der Waals surface area contributed by atoms with Gasteiger partial charge in [-0.25, -0.2) is 0 Å². The summed E-state index contributed by atoms with van der Waals surface area (Å²) in [5, 5.41) is 0. The number of hydrogen-bond donors (Lipinski definition) is 0. The summed E-state index contributed by atoms with van der Waals surface area (Å²) < 4.78 is 0. The first-order valence-corrected chi connectivity index (χ1v) is 5.81. The summed E-state index contributed by atoms with van der Waals surface area (Å²) in [6.45, 7) is 2.14. The van der Waals surface area contributed by atoms with E-state index in [1.807, 2.05) is 0 Å². The van der Waals surface area contributed by atoms with Crippen LogP contribution < -0.4 is 0 Å². The van der Waals surface area contributed by atoms with Crippen molar-refractivity contribution in [3.63, 3.8) is 0 Å². The predicted octanol–water partition coefficient (Wildman–Crippen LogP) is 3.47. The van der Waals surface area contributed by atoms with Crippen LogP contribution in [0.15, 0.2) is 24.3 Å². The summed E-state index contributed by atoms with van der Waals surface area (Å²) in [6.07, 6.45) is 5.62. The van der Waals surface area contributed by atoms with E-state index in [1.54, 1.807) is 0 Å². The summed E-state index contributed by atoms with van der Waals surface area (Å²) in [5.41, 5.74) is 2.80. The van der Waals surface area contributed by atoms with Gasteiger partial charge in [0.25, 0.3) is 0 Å². The summed E-state index contributed by atoms with van der Waals surface area (Å²) in [4.78, 5) is 10.7. The van der Waals surface area contributed by atoms with Gasteiger partial charge >= 0.3 is 0 Å². The Balaban J connectivity index is 2.04. The number of hydrogen-bond acceptors (Lipinski definition) is 1. The van der Waals surface area contributed by atoms with Crippen LogP contribution in [-0.4, -0.2) is 6.29 Å². The highest BCUT2D eigenvalue weighted by Gasteiger charge is 2.21. The van der Waals surface area contributed by atoms with E-state index in [0.717, 1.165) is 19.1 Å². The predicted molar refractivity (Wildman–Crippen MR) is 61.9 cm³/mol. The molecule has 1 aromatic rings. The van der Waals surface area contributed by atoms with Gasteiger partial charge in [0, 0.05) is 5.92 Å². The zero-order valence-corrected chi connectivity index (χ0v) is 9.28. The number of aldehydes is 1. The van der Waals surface area contributed by atoms with Crippen LogP contribution in [0.1, 0.15) is 42.7 Å². The lowest BCUT2D eigenvalue weighted by atomic mass is 9.79. The van der Waals surface area contributed by atoms with E-state index in [4.69, 9.17) is 0 Å². The lowest BCUT2D eigenvalue weighted by Crippen LogP contribution is -2.14. The molecule has 0 amide bonds. The molecule has 1 aromatic carbocycles. The van der Waals surface area contributed by atoms with Gasteiger partial charge in [-0.3, -0.25) is 0 Å². The van der Waals surface area contributed by atoms with Crippen LogP contribution in [0.3, 0.4) is 0 Å². The third kappa shape index (κ3) is 2.47. The minimum absolute atomic E-state index is 0.325. The van der Waals surface area contributed by atoms with Crippen LogP contribution in [0, 0.1) is 12.8 Å². The van der Waals surface area contributed by atoms with E-state index < -0.39 is 0 Å². The van der Waals surface area contributed by atoms with E-state index in [9.17, 15) is 4.79 Å². The Kier molecular flexibility index (Phi) is 3.20. The standard InChI is InChI=1S/C14H18O/c1-11-3-2-4-14(9-11)13-7-5-12(10-15)6-8-13/h2-4,9-10,12-13H,5-8H2,1H3. The molecule has 1 nitrogen and oxygen atoms in total. The van der Waals surface area contributed by atoms with Crippen LogP contribution in [0.4, 0.5) is 0 Å². The SMILES string of the molecule is Cc1cccc(C2CCC(C=O)CC2)c1. The molecule has 0 aromatic heterocycles. The van der Waals surface area contributed by atoms with Crippen LogP contribution in [0.5, 0.6) is 0 Å². The topological polar surface area (TPSA) is 17.1 Å². The third-order valence-electron chi connectivity index (χ3n) is 3.48. The third-order valence-corrected chi connectivity index (χ3v) is 3.48. The van der Waals surface area contributed by atoms with E-state index in [1.165, 1.54) is 24.0 Å². The average Bonchev–Trinajstić information content (AvgIpc) is 2.29. The molecule has 0 aliphatic heterocycles. The van der Waals surface area contributed by atoms with Crippen molar-refractivity contribution in [1.82, 2.24) is 0 Å². The zero-order chi connectivity index (χ0) is 10.7. The first-order valence-electron chi connectivity index (χ1n) is 5.81. The number of carbonyl (C=O) groups is 1. The maximum absolute atomic E-state index is 10.7. The minimum Gasteiger partial charge on any atom is -0.303 e. The molecule has 0 bridgehead atoms. The lowest BCUT2D eigenvalue weighted by Gasteiger charge is -2.25. The van der Waals surface area contributed by atoms with E-state index in [-0.39, 0.29) is 0 Å². The molecule has 1 aliphatic carbocycles.